The van der Waals surface area contributed by atoms with Crippen LogP contribution in [0.15, 0.2) is 76.5 Å². The van der Waals surface area contributed by atoms with Crippen molar-refractivity contribution in [3.8, 4) is 11.5 Å². The van der Waals surface area contributed by atoms with Crippen molar-refractivity contribution < 1.29 is 14.3 Å². The van der Waals surface area contributed by atoms with Gasteiger partial charge in [0.15, 0.2) is 11.5 Å². The molecule has 140 valence electrons. The summed E-state index contributed by atoms with van der Waals surface area (Å²) in [6, 6.07) is 21.6. The van der Waals surface area contributed by atoms with E-state index >= 15 is 0 Å². The number of hydrogen-bond acceptors (Lipinski definition) is 4. The predicted molar refractivity (Wildman–Crippen MR) is 121 cm³/mol. The van der Waals surface area contributed by atoms with E-state index in [1.807, 2.05) is 60.7 Å². The van der Waals surface area contributed by atoms with E-state index in [9.17, 15) is 4.79 Å². The molecular formula is C23H17IO3S. The largest absolute Gasteiger partial charge is 0.493 e. The van der Waals surface area contributed by atoms with Crippen LogP contribution in [0.1, 0.15) is 21.5 Å². The van der Waals surface area contributed by atoms with Crippen molar-refractivity contribution >= 4 is 46.2 Å². The van der Waals surface area contributed by atoms with Crippen molar-refractivity contribution in [1.82, 2.24) is 0 Å². The molecule has 0 unspecified atom stereocenters. The number of carbonyl (C=O) groups excluding carboxylic acids is 1. The summed E-state index contributed by atoms with van der Waals surface area (Å²) in [5, 5.41) is 0. The average molecular weight is 500 g/mol. The number of rotatable bonds is 5. The summed E-state index contributed by atoms with van der Waals surface area (Å²) in [4.78, 5) is 14.3. The Bertz CT molecular complexity index is 1060. The van der Waals surface area contributed by atoms with Gasteiger partial charge in [-0.15, -0.1) is 0 Å². The third-order valence-corrected chi connectivity index (χ3v) is 6.19. The van der Waals surface area contributed by atoms with E-state index in [1.165, 1.54) is 15.3 Å². The maximum absolute atomic E-state index is 12.6. The third kappa shape index (κ3) is 4.10. The predicted octanol–water partition coefficient (Wildman–Crippen LogP) is 6.21. The molecule has 0 radical (unpaired) electrons. The van der Waals surface area contributed by atoms with E-state index in [4.69, 9.17) is 9.47 Å². The van der Waals surface area contributed by atoms with Gasteiger partial charge in [0.25, 0.3) is 0 Å². The second-order valence-corrected chi connectivity index (χ2v) is 8.59. The molecule has 0 fully saturated rings. The van der Waals surface area contributed by atoms with Gasteiger partial charge in [-0.25, -0.2) is 0 Å². The molecular weight excluding hydrogens is 483 g/mol. The van der Waals surface area contributed by atoms with Crippen molar-refractivity contribution in [3.05, 3.63) is 91.9 Å². The summed E-state index contributed by atoms with van der Waals surface area (Å²) in [6.07, 6.45) is 1.90. The first-order valence-corrected chi connectivity index (χ1v) is 10.6. The van der Waals surface area contributed by atoms with Crippen LogP contribution in [0.4, 0.5) is 0 Å². The van der Waals surface area contributed by atoms with Crippen LogP contribution in [-0.4, -0.2) is 12.9 Å². The minimum atomic E-state index is 0.0682. The van der Waals surface area contributed by atoms with Gasteiger partial charge in [-0.1, -0.05) is 42.1 Å². The van der Waals surface area contributed by atoms with Crippen molar-refractivity contribution in [2.75, 3.05) is 7.11 Å². The first kappa shape index (κ1) is 19.1. The second-order valence-electron chi connectivity index (χ2n) is 6.26. The number of hydrogen-bond donors (Lipinski definition) is 0. The van der Waals surface area contributed by atoms with Crippen LogP contribution >= 0.6 is 34.4 Å². The van der Waals surface area contributed by atoms with Crippen molar-refractivity contribution in [2.24, 2.45) is 0 Å². The van der Waals surface area contributed by atoms with E-state index in [2.05, 4.69) is 34.7 Å². The molecule has 0 atom stereocenters. The smallest absolute Gasteiger partial charge is 0.200 e. The lowest BCUT2D eigenvalue weighted by Gasteiger charge is -2.11. The Kier molecular flexibility index (Phi) is 5.73. The van der Waals surface area contributed by atoms with Crippen LogP contribution in [-0.2, 0) is 6.61 Å². The zero-order chi connectivity index (χ0) is 19.5. The van der Waals surface area contributed by atoms with Crippen LogP contribution in [0, 0.1) is 3.57 Å². The summed E-state index contributed by atoms with van der Waals surface area (Å²) < 4.78 is 12.6. The van der Waals surface area contributed by atoms with Gasteiger partial charge >= 0.3 is 0 Å². The van der Waals surface area contributed by atoms with Gasteiger partial charge in [-0.3, -0.25) is 4.79 Å². The van der Waals surface area contributed by atoms with Crippen LogP contribution < -0.4 is 9.47 Å². The third-order valence-electron chi connectivity index (χ3n) is 4.37. The molecule has 0 saturated heterocycles. The number of Topliss-reactive ketones (excluding diaryl/α,β-unsaturated/α-hetero) is 1. The summed E-state index contributed by atoms with van der Waals surface area (Å²) in [6.45, 7) is 0.470. The molecule has 4 rings (SSSR count). The fraction of sp³-hybridized carbons (Fsp3) is 0.0870. The van der Waals surface area contributed by atoms with Crippen LogP contribution in [0.25, 0.3) is 6.08 Å². The highest BCUT2D eigenvalue weighted by Crippen LogP contribution is 2.41. The van der Waals surface area contributed by atoms with E-state index in [-0.39, 0.29) is 5.78 Å². The Morgan fingerprint density at radius 3 is 2.54 bits per heavy atom. The lowest BCUT2D eigenvalue weighted by atomic mass is 10.1. The number of ketones is 1. The van der Waals surface area contributed by atoms with Crippen LogP contribution in [0.5, 0.6) is 11.5 Å². The Morgan fingerprint density at radius 1 is 1.00 bits per heavy atom. The highest BCUT2D eigenvalue weighted by molar-refractivity contribution is 14.1. The quantitative estimate of drug-likeness (QED) is 0.309. The molecule has 0 amide bonds. The molecule has 1 aliphatic heterocycles. The van der Waals surface area contributed by atoms with Crippen molar-refractivity contribution in [1.29, 1.82) is 0 Å². The molecule has 0 aromatic heterocycles. The zero-order valence-electron chi connectivity index (χ0n) is 15.1. The lowest BCUT2D eigenvalue weighted by molar-refractivity contribution is 0.104. The molecule has 28 heavy (non-hydrogen) atoms. The molecule has 3 nitrogen and oxygen atoms in total. The Morgan fingerprint density at radius 2 is 1.79 bits per heavy atom. The SMILES string of the molecule is COc1cc(/C=C2/Sc3ccccc3C2=O)ccc1OCc1ccc(I)cc1. The van der Waals surface area contributed by atoms with Gasteiger partial charge < -0.3 is 9.47 Å². The number of methoxy groups -OCH3 is 1. The molecule has 1 aliphatic rings. The fourth-order valence-electron chi connectivity index (χ4n) is 2.92. The Hall–Kier alpha value is -2.25. The summed E-state index contributed by atoms with van der Waals surface area (Å²) in [5.74, 6) is 1.39. The molecule has 0 saturated carbocycles. The number of thioether (sulfide) groups is 1. The Balaban J connectivity index is 1.52. The second kappa shape index (κ2) is 8.41. The van der Waals surface area contributed by atoms with Gasteiger partial charge in [-0.2, -0.15) is 0 Å². The fourth-order valence-corrected chi connectivity index (χ4v) is 4.33. The Labute approximate surface area is 181 Å². The normalized spacial score (nSPS) is 14.2. The minimum Gasteiger partial charge on any atom is -0.493 e. The molecule has 0 aliphatic carbocycles. The number of benzene rings is 3. The van der Waals surface area contributed by atoms with E-state index < -0.39 is 0 Å². The van der Waals surface area contributed by atoms with E-state index in [0.29, 0.717) is 18.1 Å². The first-order chi connectivity index (χ1) is 13.6. The zero-order valence-corrected chi connectivity index (χ0v) is 18.1. The van der Waals surface area contributed by atoms with Crippen molar-refractivity contribution in [2.45, 2.75) is 11.5 Å². The highest BCUT2D eigenvalue weighted by Gasteiger charge is 2.25. The summed E-state index contributed by atoms with van der Waals surface area (Å²) in [5.41, 5.74) is 2.77. The summed E-state index contributed by atoms with van der Waals surface area (Å²) in [7, 11) is 1.62. The van der Waals surface area contributed by atoms with Gasteiger partial charge in [0.2, 0.25) is 5.78 Å². The topological polar surface area (TPSA) is 35.5 Å². The number of allylic oxidation sites excluding steroid dienone is 1. The molecule has 3 aromatic carbocycles. The van der Waals surface area contributed by atoms with Crippen LogP contribution in [0.3, 0.4) is 0 Å². The molecule has 3 aromatic rings. The maximum Gasteiger partial charge on any atom is 0.200 e. The molecule has 0 bridgehead atoms. The van der Waals surface area contributed by atoms with Gasteiger partial charge in [0, 0.05) is 14.0 Å². The molecule has 0 N–H and O–H groups in total. The average Bonchev–Trinajstić information content (AvgIpc) is 3.04. The van der Waals surface area contributed by atoms with Crippen molar-refractivity contribution in [3.63, 3.8) is 0 Å². The minimum absolute atomic E-state index is 0.0682. The number of fused-ring (bicyclic) bond motifs is 1. The molecule has 5 heteroatoms. The monoisotopic (exact) mass is 500 g/mol. The van der Waals surface area contributed by atoms with Crippen LogP contribution in [0.2, 0.25) is 0 Å². The molecule has 0 spiro atoms. The lowest BCUT2D eigenvalue weighted by Crippen LogP contribution is -1.98. The summed E-state index contributed by atoms with van der Waals surface area (Å²) >= 11 is 3.79. The number of carbonyl (C=O) groups is 1. The highest BCUT2D eigenvalue weighted by atomic mass is 127. The van der Waals surface area contributed by atoms with Gasteiger partial charge in [0.05, 0.1) is 12.0 Å². The molecule has 1 heterocycles. The number of halogens is 1. The van der Waals surface area contributed by atoms with E-state index in [0.717, 1.165) is 26.5 Å². The number of ether oxygens (including phenoxy) is 2. The van der Waals surface area contributed by atoms with Gasteiger partial charge in [0.1, 0.15) is 6.61 Å². The maximum atomic E-state index is 12.6. The standard InChI is InChI=1S/C23H17IO3S/c1-26-20-12-16(13-22-23(25)18-4-2-3-5-21(18)28-22)8-11-19(20)27-14-15-6-9-17(24)10-7-15/h2-13H,14H2,1H3/b22-13+. The first-order valence-electron chi connectivity index (χ1n) is 8.72. The van der Waals surface area contributed by atoms with Gasteiger partial charge in [-0.05, 0) is 76.2 Å². The van der Waals surface area contributed by atoms with E-state index in [1.54, 1.807) is 7.11 Å².